The molecule has 0 aliphatic carbocycles. The molecule has 464 valence electrons. The summed E-state index contributed by atoms with van der Waals surface area (Å²) in [5, 5.41) is 22.3. The van der Waals surface area contributed by atoms with Crippen LogP contribution < -0.4 is 9.80 Å². The van der Waals surface area contributed by atoms with Gasteiger partial charge < -0.3 is 9.80 Å². The lowest BCUT2D eigenvalue weighted by atomic mass is 9.81. The number of aryl methyl sites for hydroxylation is 6. The molecule has 0 saturated carbocycles. The van der Waals surface area contributed by atoms with Crippen LogP contribution >= 0.6 is 0 Å². The number of hydrogen-bond donors (Lipinski definition) is 0. The Morgan fingerprint density at radius 1 is 0.184 bits per heavy atom. The molecule has 0 radical (unpaired) electrons. The molecule has 0 N–H and O–H groups in total. The van der Waals surface area contributed by atoms with Gasteiger partial charge in [-0.05, 0) is 290 Å². The SMILES string of the molecule is Cc1cc(C)c(N(c2ccc(-c3ccc4cc(-c5c6ccccc6c(-c6ccc7cc8cc(-c9ccc(N(c%10ccc%11ccccc%11c%10)c%10c(C)cc(C)cc%10C)cc9)ccc8cc7c6)c6c7ccccc7c7ccccc7c56)ccc4c3)cc2)c2ccc3ccccc3c2)c(C)c1. The first-order valence-electron chi connectivity index (χ1n) is 34.3. The highest BCUT2D eigenvalue weighted by Gasteiger charge is 2.25. The van der Waals surface area contributed by atoms with E-state index in [1.807, 2.05) is 0 Å². The molecule has 0 bridgehead atoms. The van der Waals surface area contributed by atoms with Gasteiger partial charge in [0.2, 0.25) is 0 Å². The Morgan fingerprint density at radius 3 is 0.867 bits per heavy atom. The molecule has 0 unspecified atom stereocenters. The summed E-state index contributed by atoms with van der Waals surface area (Å²) in [4.78, 5) is 4.86. The normalized spacial score (nSPS) is 11.8. The van der Waals surface area contributed by atoms with Gasteiger partial charge in [-0.2, -0.15) is 0 Å². The Bertz CT molecular complexity index is 6260. The van der Waals surface area contributed by atoms with E-state index in [-0.39, 0.29) is 0 Å². The molecule has 0 spiro atoms. The molecule has 2 nitrogen and oxygen atoms in total. The lowest BCUT2D eigenvalue weighted by Crippen LogP contribution is -2.13. The predicted octanol–water partition coefficient (Wildman–Crippen LogP) is 27.5. The Morgan fingerprint density at radius 2 is 0.459 bits per heavy atom. The van der Waals surface area contributed by atoms with Crippen LogP contribution in [0.4, 0.5) is 34.1 Å². The smallest absolute Gasteiger partial charge is 0.0520 e. The van der Waals surface area contributed by atoms with E-state index >= 15 is 0 Å². The van der Waals surface area contributed by atoms with Gasteiger partial charge in [-0.15, -0.1) is 0 Å². The Kier molecular flexibility index (Phi) is 13.9. The molecule has 98 heavy (non-hydrogen) atoms. The summed E-state index contributed by atoms with van der Waals surface area (Å²) in [6.45, 7) is 13.3. The maximum Gasteiger partial charge on any atom is 0.0520 e. The zero-order chi connectivity index (χ0) is 65.9. The van der Waals surface area contributed by atoms with Gasteiger partial charge in [0, 0.05) is 22.7 Å². The number of rotatable bonds is 10. The molecule has 18 aromatic rings. The molecule has 0 aliphatic heterocycles. The molecule has 2 heteroatoms. The molecule has 18 rings (SSSR count). The van der Waals surface area contributed by atoms with Crippen LogP contribution in [0.15, 0.2) is 315 Å². The van der Waals surface area contributed by atoms with Crippen molar-refractivity contribution in [2.45, 2.75) is 41.5 Å². The number of benzene rings is 18. The van der Waals surface area contributed by atoms with E-state index in [1.165, 1.54) is 186 Å². The molecule has 0 aliphatic rings. The summed E-state index contributed by atoms with van der Waals surface area (Å²) in [5.74, 6) is 0. The minimum atomic E-state index is 1.13. The van der Waals surface area contributed by atoms with Gasteiger partial charge in [0.1, 0.15) is 0 Å². The van der Waals surface area contributed by atoms with Crippen LogP contribution in [-0.2, 0) is 0 Å². The third kappa shape index (κ3) is 9.94. The molecule has 0 fully saturated rings. The quantitative estimate of drug-likeness (QED) is 0.0995. The van der Waals surface area contributed by atoms with Crippen molar-refractivity contribution in [2.75, 3.05) is 9.80 Å². The van der Waals surface area contributed by atoms with Crippen LogP contribution in [0.2, 0.25) is 0 Å². The van der Waals surface area contributed by atoms with Gasteiger partial charge in [0.25, 0.3) is 0 Å². The van der Waals surface area contributed by atoms with Crippen LogP contribution in [0.3, 0.4) is 0 Å². The maximum atomic E-state index is 2.44. The van der Waals surface area contributed by atoms with Gasteiger partial charge in [0.05, 0.1) is 11.4 Å². The minimum Gasteiger partial charge on any atom is -0.310 e. The minimum absolute atomic E-state index is 1.13. The van der Waals surface area contributed by atoms with Crippen LogP contribution in [0.5, 0.6) is 0 Å². The van der Waals surface area contributed by atoms with Crippen LogP contribution in [0, 0.1) is 41.5 Å². The van der Waals surface area contributed by atoms with Crippen molar-refractivity contribution < 1.29 is 0 Å². The van der Waals surface area contributed by atoms with Crippen LogP contribution in [-0.4, -0.2) is 0 Å². The first-order chi connectivity index (χ1) is 48.0. The first-order valence-corrected chi connectivity index (χ1v) is 34.3. The second-order valence-electron chi connectivity index (χ2n) is 27.2. The average Bonchev–Trinajstić information content (AvgIpc) is 0.703. The fourth-order valence-electron chi connectivity index (χ4n) is 16.5. The summed E-state index contributed by atoms with van der Waals surface area (Å²) in [6.07, 6.45) is 0. The fraction of sp³-hybridized carbons (Fsp3) is 0.0625. The molecule has 0 heterocycles. The standard InChI is InChI=1S/C96H70N2/c1-59-47-61(3)95(62(4)48-59)97(83-45-39-65-17-7-9-19-69(65)57-83)81-41-35-67(36-42-81)71-27-29-74-52-77(33-31-73(74)51-71)91-89-25-15-16-26-90(89)92(94-88-24-14-12-22-86(88)85-21-11-13-23-87(85)93(91)94)78-34-32-76-54-79-53-72(28-30-75(79)55-80(76)56-78)68-37-43-82(44-38-68)98(96-63(5)49-60(2)50-64(96)6)84-46-40-66-18-8-10-20-70(66)58-84/h7-58H,1-6H3. The van der Waals surface area contributed by atoms with Gasteiger partial charge in [-0.3, -0.25) is 0 Å². The van der Waals surface area contributed by atoms with E-state index in [4.69, 9.17) is 0 Å². The Balaban J connectivity index is 0.715. The molecule has 0 saturated heterocycles. The summed E-state index contributed by atoms with van der Waals surface area (Å²) in [6, 6.07) is 119. The zero-order valence-corrected chi connectivity index (χ0v) is 55.9. The summed E-state index contributed by atoms with van der Waals surface area (Å²) >= 11 is 0. The Hall–Kier alpha value is -12.1. The highest BCUT2D eigenvalue weighted by atomic mass is 15.2. The van der Waals surface area contributed by atoms with Crippen molar-refractivity contribution in [3.63, 3.8) is 0 Å². The topological polar surface area (TPSA) is 6.48 Å². The molecule has 0 amide bonds. The van der Waals surface area contributed by atoms with Gasteiger partial charge in [-0.25, -0.2) is 0 Å². The van der Waals surface area contributed by atoms with Crippen molar-refractivity contribution in [3.8, 4) is 44.5 Å². The molecular formula is C96H70N2. The monoisotopic (exact) mass is 1250 g/mol. The van der Waals surface area contributed by atoms with Gasteiger partial charge in [0.15, 0.2) is 0 Å². The van der Waals surface area contributed by atoms with Gasteiger partial charge in [-0.1, -0.05) is 242 Å². The lowest BCUT2D eigenvalue weighted by Gasteiger charge is -2.29. The summed E-state index contributed by atoms with van der Waals surface area (Å²) in [7, 11) is 0. The summed E-state index contributed by atoms with van der Waals surface area (Å²) in [5.41, 5.74) is 24.2. The third-order valence-corrected chi connectivity index (χ3v) is 20.7. The molecular weight excluding hydrogens is 1180 g/mol. The third-order valence-electron chi connectivity index (χ3n) is 20.7. The fourth-order valence-corrected chi connectivity index (χ4v) is 16.5. The highest BCUT2D eigenvalue weighted by molar-refractivity contribution is 6.37. The summed E-state index contributed by atoms with van der Waals surface area (Å²) < 4.78 is 0. The molecule has 0 atom stereocenters. The second-order valence-corrected chi connectivity index (χ2v) is 27.2. The van der Waals surface area contributed by atoms with Crippen molar-refractivity contribution in [2.24, 2.45) is 0 Å². The van der Waals surface area contributed by atoms with Crippen LogP contribution in [0.1, 0.15) is 33.4 Å². The van der Waals surface area contributed by atoms with Crippen LogP contribution in [0.25, 0.3) is 141 Å². The largest absolute Gasteiger partial charge is 0.310 e. The van der Waals surface area contributed by atoms with Crippen molar-refractivity contribution in [1.29, 1.82) is 0 Å². The van der Waals surface area contributed by atoms with Crippen molar-refractivity contribution >= 4 is 131 Å². The average molecular weight is 1250 g/mol. The Labute approximate surface area is 572 Å². The van der Waals surface area contributed by atoms with E-state index in [2.05, 4.69) is 367 Å². The van der Waals surface area contributed by atoms with E-state index in [0.29, 0.717) is 0 Å². The predicted molar refractivity (Wildman–Crippen MR) is 424 cm³/mol. The number of fused-ring (bicyclic) bond motifs is 12. The number of hydrogen-bond acceptors (Lipinski definition) is 2. The highest BCUT2D eigenvalue weighted by Crippen LogP contribution is 2.51. The van der Waals surface area contributed by atoms with E-state index in [1.54, 1.807) is 0 Å². The number of anilines is 6. The molecule has 18 aromatic carbocycles. The van der Waals surface area contributed by atoms with Gasteiger partial charge >= 0.3 is 0 Å². The van der Waals surface area contributed by atoms with E-state index in [0.717, 1.165) is 22.7 Å². The maximum absolute atomic E-state index is 2.44. The number of nitrogens with zero attached hydrogens (tertiary/aromatic N) is 2. The second kappa shape index (κ2) is 23.4. The van der Waals surface area contributed by atoms with E-state index < -0.39 is 0 Å². The lowest BCUT2D eigenvalue weighted by molar-refractivity contribution is 1.21. The van der Waals surface area contributed by atoms with E-state index in [9.17, 15) is 0 Å². The molecule has 0 aromatic heterocycles. The van der Waals surface area contributed by atoms with Crippen molar-refractivity contribution in [3.05, 3.63) is 349 Å². The van der Waals surface area contributed by atoms with Crippen molar-refractivity contribution in [1.82, 2.24) is 0 Å². The first kappa shape index (κ1) is 58.5. The zero-order valence-electron chi connectivity index (χ0n) is 55.9.